The third kappa shape index (κ3) is 2.84. The van der Waals surface area contributed by atoms with Gasteiger partial charge in [-0.05, 0) is 30.3 Å². The average molecular weight is 408 g/mol. The van der Waals surface area contributed by atoms with Gasteiger partial charge < -0.3 is 14.1 Å². The molecule has 5 heterocycles. The number of aromatic amines is 2. The number of ether oxygens (including phenoxy) is 1. The van der Waals surface area contributed by atoms with Crippen LogP contribution >= 0.6 is 0 Å². The van der Waals surface area contributed by atoms with Gasteiger partial charge in [-0.2, -0.15) is 5.10 Å². The molecule has 0 radical (unpaired) electrons. The van der Waals surface area contributed by atoms with E-state index in [1.807, 2.05) is 42.5 Å². The molecular formula is C23H16N6O2. The summed E-state index contributed by atoms with van der Waals surface area (Å²) in [7, 11) is 1.62. The van der Waals surface area contributed by atoms with Crippen LogP contribution in [0, 0.1) is 0 Å². The van der Waals surface area contributed by atoms with Crippen molar-refractivity contribution in [1.29, 1.82) is 0 Å². The van der Waals surface area contributed by atoms with Gasteiger partial charge in [0.1, 0.15) is 11.3 Å². The normalized spacial score (nSPS) is 11.4. The van der Waals surface area contributed by atoms with E-state index in [0.29, 0.717) is 17.3 Å². The minimum absolute atomic E-state index is 0.644. The molecule has 6 rings (SSSR count). The Morgan fingerprint density at radius 1 is 0.935 bits per heavy atom. The molecule has 0 saturated heterocycles. The van der Waals surface area contributed by atoms with Crippen molar-refractivity contribution in [1.82, 2.24) is 30.1 Å². The Morgan fingerprint density at radius 3 is 2.77 bits per heavy atom. The monoisotopic (exact) mass is 408 g/mol. The molecule has 5 aromatic heterocycles. The van der Waals surface area contributed by atoms with Crippen LogP contribution < -0.4 is 4.74 Å². The maximum absolute atomic E-state index is 5.29. The van der Waals surface area contributed by atoms with Crippen molar-refractivity contribution in [2.45, 2.75) is 0 Å². The first-order chi connectivity index (χ1) is 15.3. The van der Waals surface area contributed by atoms with Crippen molar-refractivity contribution in [2.75, 3.05) is 7.11 Å². The number of furan rings is 1. The van der Waals surface area contributed by atoms with Crippen LogP contribution in [-0.4, -0.2) is 37.2 Å². The molecule has 0 spiro atoms. The summed E-state index contributed by atoms with van der Waals surface area (Å²) in [6.07, 6.45) is 6.79. The molecule has 0 unspecified atom stereocenters. The second kappa shape index (κ2) is 6.81. The molecule has 8 heteroatoms. The maximum atomic E-state index is 5.29. The summed E-state index contributed by atoms with van der Waals surface area (Å²) in [4.78, 5) is 17.3. The number of rotatable bonds is 4. The lowest BCUT2D eigenvalue weighted by molar-refractivity contribution is 0.413. The van der Waals surface area contributed by atoms with Crippen LogP contribution in [0.2, 0.25) is 0 Å². The lowest BCUT2D eigenvalue weighted by Crippen LogP contribution is -1.89. The number of benzene rings is 1. The summed E-state index contributed by atoms with van der Waals surface area (Å²) in [5.74, 6) is 1.32. The van der Waals surface area contributed by atoms with E-state index >= 15 is 0 Å². The molecule has 0 bridgehead atoms. The number of nitrogens with zero attached hydrogens (tertiary/aromatic N) is 4. The number of fused-ring (bicyclic) bond motifs is 2. The minimum atomic E-state index is 0.644. The molecule has 0 aliphatic rings. The van der Waals surface area contributed by atoms with Crippen molar-refractivity contribution in [2.24, 2.45) is 0 Å². The zero-order valence-electron chi connectivity index (χ0n) is 16.5. The van der Waals surface area contributed by atoms with Crippen LogP contribution in [0.5, 0.6) is 5.75 Å². The second-order valence-electron chi connectivity index (χ2n) is 7.08. The van der Waals surface area contributed by atoms with Crippen molar-refractivity contribution < 1.29 is 9.15 Å². The number of aromatic nitrogens is 6. The first-order valence-electron chi connectivity index (χ1n) is 9.66. The number of pyridine rings is 2. The van der Waals surface area contributed by atoms with Crippen molar-refractivity contribution >= 4 is 22.1 Å². The Hall–Kier alpha value is -4.46. The van der Waals surface area contributed by atoms with E-state index in [1.54, 1.807) is 32.0 Å². The SMILES string of the molecule is COc1cncc(-c2ccc3[nH]nc(-c4nc5c(-c6ccoc6)cccc5[nH]4)c3n2)c1. The number of para-hydroxylation sites is 1. The van der Waals surface area contributed by atoms with Gasteiger partial charge in [-0.15, -0.1) is 0 Å². The molecule has 0 aliphatic carbocycles. The lowest BCUT2D eigenvalue weighted by atomic mass is 10.1. The van der Waals surface area contributed by atoms with E-state index in [0.717, 1.165) is 44.5 Å². The van der Waals surface area contributed by atoms with Gasteiger partial charge in [0, 0.05) is 22.9 Å². The zero-order chi connectivity index (χ0) is 20.8. The standard InChI is InChI=1S/C23H16N6O2/c1-30-15-9-14(10-24-11-15)17-5-6-19-21(25-17)22(29-28-19)23-26-18-4-2-3-16(20(18)27-23)13-7-8-31-12-13/h2-12H,1H3,(H,26,27)(H,28,29). The van der Waals surface area contributed by atoms with E-state index in [1.165, 1.54) is 0 Å². The van der Waals surface area contributed by atoms with Crippen LogP contribution in [0.15, 0.2) is 71.8 Å². The van der Waals surface area contributed by atoms with E-state index in [-0.39, 0.29) is 0 Å². The predicted molar refractivity (Wildman–Crippen MR) is 116 cm³/mol. The number of nitrogens with one attached hydrogen (secondary N) is 2. The van der Waals surface area contributed by atoms with Crippen molar-refractivity contribution in [3.63, 3.8) is 0 Å². The van der Waals surface area contributed by atoms with Gasteiger partial charge >= 0.3 is 0 Å². The van der Waals surface area contributed by atoms with E-state index < -0.39 is 0 Å². The van der Waals surface area contributed by atoms with E-state index in [2.05, 4.69) is 20.2 Å². The third-order valence-electron chi connectivity index (χ3n) is 5.22. The Kier molecular flexibility index (Phi) is 3.82. The summed E-state index contributed by atoms with van der Waals surface area (Å²) < 4.78 is 10.5. The summed E-state index contributed by atoms with van der Waals surface area (Å²) >= 11 is 0. The molecule has 0 amide bonds. The topological polar surface area (TPSA) is 106 Å². The molecule has 8 nitrogen and oxygen atoms in total. The van der Waals surface area contributed by atoms with Crippen LogP contribution in [0.4, 0.5) is 0 Å². The molecule has 0 saturated carbocycles. The van der Waals surface area contributed by atoms with Gasteiger partial charge in [0.25, 0.3) is 0 Å². The van der Waals surface area contributed by atoms with Crippen LogP contribution in [0.1, 0.15) is 0 Å². The number of hydrogen-bond acceptors (Lipinski definition) is 6. The minimum Gasteiger partial charge on any atom is -0.495 e. The third-order valence-corrected chi connectivity index (χ3v) is 5.22. The first-order valence-corrected chi connectivity index (χ1v) is 9.66. The average Bonchev–Trinajstić information content (AvgIpc) is 3.57. The van der Waals surface area contributed by atoms with E-state index in [4.69, 9.17) is 19.1 Å². The van der Waals surface area contributed by atoms with E-state index in [9.17, 15) is 0 Å². The van der Waals surface area contributed by atoms with Crippen LogP contribution in [0.3, 0.4) is 0 Å². The largest absolute Gasteiger partial charge is 0.495 e. The quantitative estimate of drug-likeness (QED) is 0.433. The number of methoxy groups -OCH3 is 1. The molecule has 150 valence electrons. The summed E-state index contributed by atoms with van der Waals surface area (Å²) in [5.41, 5.74) is 7.57. The van der Waals surface area contributed by atoms with Crippen molar-refractivity contribution in [3.8, 4) is 39.7 Å². The number of imidazole rings is 1. The molecule has 31 heavy (non-hydrogen) atoms. The molecular weight excluding hydrogens is 392 g/mol. The smallest absolute Gasteiger partial charge is 0.161 e. The Morgan fingerprint density at radius 2 is 1.90 bits per heavy atom. The number of hydrogen-bond donors (Lipinski definition) is 2. The van der Waals surface area contributed by atoms with Crippen LogP contribution in [-0.2, 0) is 0 Å². The van der Waals surface area contributed by atoms with Crippen molar-refractivity contribution in [3.05, 3.63) is 67.4 Å². The molecule has 0 aliphatic heterocycles. The maximum Gasteiger partial charge on any atom is 0.161 e. The zero-order valence-corrected chi connectivity index (χ0v) is 16.5. The second-order valence-corrected chi connectivity index (χ2v) is 7.08. The highest BCUT2D eigenvalue weighted by Crippen LogP contribution is 2.32. The number of H-pyrrole nitrogens is 2. The summed E-state index contributed by atoms with van der Waals surface area (Å²) in [6.45, 7) is 0. The Bertz CT molecular complexity index is 1530. The highest BCUT2D eigenvalue weighted by atomic mass is 16.5. The van der Waals surface area contributed by atoms with Gasteiger partial charge in [0.2, 0.25) is 0 Å². The first kappa shape index (κ1) is 17.4. The fourth-order valence-corrected chi connectivity index (χ4v) is 3.69. The summed E-state index contributed by atoms with van der Waals surface area (Å²) in [6, 6.07) is 13.7. The fourth-order valence-electron chi connectivity index (χ4n) is 3.69. The molecule has 6 aromatic rings. The van der Waals surface area contributed by atoms with Gasteiger partial charge in [-0.1, -0.05) is 12.1 Å². The van der Waals surface area contributed by atoms with Crippen LogP contribution in [0.25, 0.3) is 56.0 Å². The fraction of sp³-hybridized carbons (Fsp3) is 0.0435. The summed E-state index contributed by atoms with van der Waals surface area (Å²) in [5, 5.41) is 7.53. The highest BCUT2D eigenvalue weighted by Gasteiger charge is 2.17. The Balaban J connectivity index is 1.50. The molecule has 0 atom stereocenters. The van der Waals surface area contributed by atoms with Gasteiger partial charge in [0.15, 0.2) is 11.5 Å². The lowest BCUT2D eigenvalue weighted by Gasteiger charge is -2.03. The Labute approximate surface area is 176 Å². The highest BCUT2D eigenvalue weighted by molar-refractivity contribution is 5.96. The van der Waals surface area contributed by atoms with Gasteiger partial charge in [-0.25, -0.2) is 9.97 Å². The van der Waals surface area contributed by atoms with Gasteiger partial charge in [0.05, 0.1) is 48.1 Å². The molecule has 2 N–H and O–H groups in total. The molecule has 1 aromatic carbocycles. The van der Waals surface area contributed by atoms with Gasteiger partial charge in [-0.3, -0.25) is 10.1 Å². The predicted octanol–water partition coefficient (Wildman–Crippen LogP) is 4.83. The molecule has 0 fully saturated rings.